The highest BCUT2D eigenvalue weighted by Crippen LogP contribution is 2.35. The molecule has 2 aromatic heterocycles. The van der Waals surface area contributed by atoms with Gasteiger partial charge in [0.05, 0.1) is 22.9 Å². The second-order valence-electron chi connectivity index (χ2n) is 9.08. The average molecular weight is 548 g/mol. The van der Waals surface area contributed by atoms with Crippen molar-refractivity contribution in [1.29, 1.82) is 0 Å². The molecule has 0 spiro atoms. The van der Waals surface area contributed by atoms with Crippen LogP contribution in [0.1, 0.15) is 53.2 Å². The van der Waals surface area contributed by atoms with Gasteiger partial charge >= 0.3 is 0 Å². The molecule has 0 radical (unpaired) electrons. The van der Waals surface area contributed by atoms with Crippen LogP contribution in [0.2, 0.25) is 5.02 Å². The lowest BCUT2D eigenvalue weighted by atomic mass is 10.1. The number of halogens is 1. The van der Waals surface area contributed by atoms with Crippen molar-refractivity contribution >= 4 is 39.2 Å². The number of nitrogens with one attached hydrogen (secondary N) is 1. The number of nitrogens with two attached hydrogens (primary N) is 1. The summed E-state index contributed by atoms with van der Waals surface area (Å²) in [6.45, 7) is 6.66. The molecule has 3 heterocycles. The molecule has 200 valence electrons. The number of nitrogen functional groups attached to an aromatic ring is 1. The summed E-state index contributed by atoms with van der Waals surface area (Å²) in [6.07, 6.45) is 2.69. The van der Waals surface area contributed by atoms with Gasteiger partial charge in [0, 0.05) is 20.5 Å². The number of ether oxygens (including phenoxy) is 1. The number of aromatic nitrogens is 2. The smallest absolute Gasteiger partial charge is 0.281 e. The van der Waals surface area contributed by atoms with E-state index in [1.807, 2.05) is 19.1 Å². The lowest BCUT2D eigenvalue weighted by Crippen LogP contribution is -2.37. The van der Waals surface area contributed by atoms with E-state index in [2.05, 4.69) is 28.5 Å². The highest BCUT2D eigenvalue weighted by atomic mass is 35.5. The Morgan fingerprint density at radius 3 is 2.57 bits per heavy atom. The van der Waals surface area contributed by atoms with E-state index >= 15 is 0 Å². The minimum atomic E-state index is -4.25. The Bertz CT molecular complexity index is 1420. The third-order valence-electron chi connectivity index (χ3n) is 6.25. The Morgan fingerprint density at radius 1 is 1.16 bits per heavy atom. The van der Waals surface area contributed by atoms with Crippen LogP contribution in [0.4, 0.5) is 11.6 Å². The average Bonchev–Trinajstić information content (AvgIpc) is 3.20. The molecule has 1 aromatic carbocycles. The number of anilines is 2. The van der Waals surface area contributed by atoms with E-state index < -0.39 is 15.9 Å². The fraction of sp³-hybridized carbons (Fsp3) is 0.346. The number of nitrogens with zero attached hydrogens (tertiary/aromatic N) is 3. The van der Waals surface area contributed by atoms with Crippen molar-refractivity contribution in [2.24, 2.45) is 0 Å². The van der Waals surface area contributed by atoms with Crippen LogP contribution in [0, 0.1) is 0 Å². The molecule has 2 atom stereocenters. The van der Waals surface area contributed by atoms with E-state index in [0.717, 1.165) is 24.8 Å². The topological polar surface area (TPSA) is 128 Å². The van der Waals surface area contributed by atoms with Gasteiger partial charge in [-0.2, -0.15) is 8.42 Å². The highest BCUT2D eigenvalue weighted by Gasteiger charge is 2.33. The standard InChI is InChI=1S/C26H30ClN5O4S.2H2/c1-4-14-36-22-15-18(10-12-20(22)27)21-13-11-19(25(29-21)32-16(2)8-9-17(32)3)26(33)31-37(34,35)24-7-5-6-23(28)30-24;;/h5-7,10-13,15-17H,4,8-9,14H2,1-3H3,(H2,28,30)(H,31,33);2*1H/t16-,17+;;. The van der Waals surface area contributed by atoms with Crippen molar-refractivity contribution in [1.82, 2.24) is 14.7 Å². The Balaban J connectivity index is 0.00000267. The molecule has 0 unspecified atom stereocenters. The molecule has 1 amide bonds. The SMILES string of the molecule is CCCOc1cc(-c2ccc(C(=O)NS(=O)(=O)c3cccc(N)n3)c(N3[C@H](C)CC[C@@H]3C)n2)ccc1Cl.[HH].[HH]. The Labute approximate surface area is 225 Å². The zero-order valence-electron chi connectivity index (χ0n) is 20.9. The largest absolute Gasteiger partial charge is 0.492 e. The van der Waals surface area contributed by atoms with Gasteiger partial charge in [-0.05, 0) is 69.5 Å². The van der Waals surface area contributed by atoms with Crippen molar-refractivity contribution in [2.75, 3.05) is 17.2 Å². The summed E-state index contributed by atoms with van der Waals surface area (Å²) in [5.74, 6) is 0.198. The van der Waals surface area contributed by atoms with Gasteiger partial charge < -0.3 is 15.4 Å². The third-order valence-corrected chi connectivity index (χ3v) is 7.80. The van der Waals surface area contributed by atoms with E-state index in [1.54, 1.807) is 18.2 Å². The molecule has 1 aliphatic heterocycles. The first kappa shape index (κ1) is 26.7. The zero-order valence-corrected chi connectivity index (χ0v) is 22.5. The van der Waals surface area contributed by atoms with Crippen LogP contribution < -0.4 is 20.1 Å². The summed E-state index contributed by atoms with van der Waals surface area (Å²) in [4.78, 5) is 24.1. The van der Waals surface area contributed by atoms with Crippen LogP contribution in [0.5, 0.6) is 5.75 Å². The van der Waals surface area contributed by atoms with E-state index in [0.29, 0.717) is 28.9 Å². The van der Waals surface area contributed by atoms with Crippen LogP contribution in [0.15, 0.2) is 53.6 Å². The number of sulfonamides is 1. The number of hydrogen-bond donors (Lipinski definition) is 2. The maximum atomic E-state index is 13.3. The van der Waals surface area contributed by atoms with E-state index in [4.69, 9.17) is 27.1 Å². The number of benzene rings is 1. The molecule has 0 bridgehead atoms. The Hall–Kier alpha value is -3.37. The monoisotopic (exact) mass is 547 g/mol. The lowest BCUT2D eigenvalue weighted by molar-refractivity contribution is 0.0981. The molecule has 1 aliphatic rings. The third kappa shape index (κ3) is 5.80. The molecule has 37 heavy (non-hydrogen) atoms. The van der Waals surface area contributed by atoms with Crippen molar-refractivity contribution in [3.8, 4) is 17.0 Å². The molecule has 0 saturated carbocycles. The highest BCUT2D eigenvalue weighted by molar-refractivity contribution is 7.90. The van der Waals surface area contributed by atoms with Gasteiger partial charge in [0.25, 0.3) is 15.9 Å². The summed E-state index contributed by atoms with van der Waals surface area (Å²) >= 11 is 6.30. The second-order valence-corrected chi connectivity index (χ2v) is 11.1. The van der Waals surface area contributed by atoms with Gasteiger partial charge in [-0.1, -0.05) is 30.7 Å². The summed E-state index contributed by atoms with van der Waals surface area (Å²) in [6, 6.07) is 13.1. The minimum absolute atomic E-state index is 0. The first-order valence-electron chi connectivity index (χ1n) is 12.1. The van der Waals surface area contributed by atoms with Crippen LogP contribution in [0.25, 0.3) is 11.3 Å². The molecule has 3 aromatic rings. The van der Waals surface area contributed by atoms with Gasteiger partial charge in [-0.25, -0.2) is 14.7 Å². The minimum Gasteiger partial charge on any atom is -0.492 e. The summed E-state index contributed by atoms with van der Waals surface area (Å²) in [5, 5.41) is 0.159. The fourth-order valence-electron chi connectivity index (χ4n) is 4.39. The number of carbonyl (C=O) groups excluding carboxylic acids is 1. The zero-order chi connectivity index (χ0) is 26.7. The molecule has 11 heteroatoms. The van der Waals surface area contributed by atoms with Crippen LogP contribution in [-0.2, 0) is 10.0 Å². The quantitative estimate of drug-likeness (QED) is 0.396. The maximum absolute atomic E-state index is 13.3. The number of amides is 1. The number of hydrogen-bond acceptors (Lipinski definition) is 8. The normalized spacial score (nSPS) is 17.6. The number of rotatable bonds is 8. The first-order chi connectivity index (χ1) is 17.6. The van der Waals surface area contributed by atoms with Crippen LogP contribution in [-0.4, -0.2) is 43.0 Å². The van der Waals surface area contributed by atoms with Crippen LogP contribution in [0.3, 0.4) is 0 Å². The van der Waals surface area contributed by atoms with Gasteiger partial charge in [0.15, 0.2) is 5.03 Å². The molecule has 3 N–H and O–H groups in total. The van der Waals surface area contributed by atoms with Gasteiger partial charge in [-0.3, -0.25) is 4.79 Å². The molecule has 1 saturated heterocycles. The molecule has 9 nitrogen and oxygen atoms in total. The van der Waals surface area contributed by atoms with Crippen molar-refractivity contribution < 1.29 is 20.8 Å². The van der Waals surface area contributed by atoms with Crippen molar-refractivity contribution in [3.05, 3.63) is 59.1 Å². The first-order valence-corrected chi connectivity index (χ1v) is 14.0. The van der Waals surface area contributed by atoms with E-state index in [9.17, 15) is 13.2 Å². The van der Waals surface area contributed by atoms with Crippen molar-refractivity contribution in [2.45, 2.75) is 57.1 Å². The summed E-state index contributed by atoms with van der Waals surface area (Å²) in [7, 11) is -4.25. The lowest BCUT2D eigenvalue weighted by Gasteiger charge is -2.29. The Kier molecular flexibility index (Phi) is 7.89. The molecule has 1 fully saturated rings. The fourth-order valence-corrected chi connectivity index (χ4v) is 5.50. The Morgan fingerprint density at radius 2 is 1.89 bits per heavy atom. The molecule has 4 rings (SSSR count). The van der Waals surface area contributed by atoms with Gasteiger partial charge in [-0.15, -0.1) is 0 Å². The molecular formula is C26H34ClN5O4S. The predicted molar refractivity (Wildman–Crippen MR) is 149 cm³/mol. The molecule has 0 aliphatic carbocycles. The van der Waals surface area contributed by atoms with Crippen molar-refractivity contribution in [3.63, 3.8) is 0 Å². The van der Waals surface area contributed by atoms with E-state index in [-0.39, 0.29) is 31.3 Å². The summed E-state index contributed by atoms with van der Waals surface area (Å²) in [5.41, 5.74) is 7.15. The molecular weight excluding hydrogens is 514 g/mol. The van der Waals surface area contributed by atoms with Gasteiger partial charge in [0.1, 0.15) is 17.4 Å². The number of carbonyl (C=O) groups is 1. The summed E-state index contributed by atoms with van der Waals surface area (Å²) < 4.78 is 33.6. The van der Waals surface area contributed by atoms with Gasteiger partial charge in [0.2, 0.25) is 0 Å². The van der Waals surface area contributed by atoms with Crippen LogP contribution >= 0.6 is 11.6 Å². The van der Waals surface area contributed by atoms with E-state index in [1.165, 1.54) is 18.2 Å². The second kappa shape index (κ2) is 10.9. The maximum Gasteiger partial charge on any atom is 0.281 e. The predicted octanol–water partition coefficient (Wildman–Crippen LogP) is 5.16. The number of pyridine rings is 2.